The van der Waals surface area contributed by atoms with E-state index in [0.717, 1.165) is 29.3 Å². The third-order valence-electron chi connectivity index (χ3n) is 4.65. The molecule has 1 aliphatic rings. The van der Waals surface area contributed by atoms with Gasteiger partial charge in [0, 0.05) is 11.3 Å². The lowest BCUT2D eigenvalue weighted by molar-refractivity contribution is 0.539. The lowest BCUT2D eigenvalue weighted by atomic mass is 9.98. The van der Waals surface area contributed by atoms with Gasteiger partial charge in [-0.05, 0) is 43.4 Å². The molecule has 1 aromatic carbocycles. The van der Waals surface area contributed by atoms with E-state index in [-0.39, 0.29) is 0 Å². The number of aromatic nitrogens is 2. The van der Waals surface area contributed by atoms with Crippen molar-refractivity contribution in [3.05, 3.63) is 41.1 Å². The van der Waals surface area contributed by atoms with Crippen molar-refractivity contribution in [3.8, 4) is 11.3 Å². The number of hydrogen-bond donors (Lipinski definition) is 1. The highest BCUT2D eigenvalue weighted by Gasteiger charge is 2.17. The molecule has 0 atom stereocenters. The predicted molar refractivity (Wildman–Crippen MR) is 87.0 cm³/mol. The number of nitrogens with two attached hydrogens (primary N) is 1. The van der Waals surface area contributed by atoms with Crippen molar-refractivity contribution >= 4 is 5.95 Å². The highest BCUT2D eigenvalue weighted by molar-refractivity contribution is 5.66. The average Bonchev–Trinajstić information content (AvgIpc) is 2.94. The van der Waals surface area contributed by atoms with Gasteiger partial charge in [-0.25, -0.2) is 9.97 Å². The molecule has 0 unspecified atom stereocenters. The highest BCUT2D eigenvalue weighted by Crippen LogP contribution is 2.29. The number of nitrogen functional groups attached to an aromatic ring is 1. The molecule has 3 nitrogen and oxygen atoms in total. The Morgan fingerprint density at radius 3 is 2.67 bits per heavy atom. The van der Waals surface area contributed by atoms with Crippen LogP contribution in [0.1, 0.15) is 42.5 Å². The van der Waals surface area contributed by atoms with Gasteiger partial charge in [-0.3, -0.25) is 0 Å². The molecule has 1 fully saturated rings. The van der Waals surface area contributed by atoms with Gasteiger partial charge in [-0.1, -0.05) is 43.9 Å². The predicted octanol–water partition coefficient (Wildman–Crippen LogP) is 4.08. The molecule has 1 heterocycles. The Balaban J connectivity index is 1.95. The monoisotopic (exact) mass is 281 g/mol. The Kier molecular flexibility index (Phi) is 3.91. The summed E-state index contributed by atoms with van der Waals surface area (Å²) in [6.07, 6.45) is 6.39. The first-order valence-corrected chi connectivity index (χ1v) is 7.83. The van der Waals surface area contributed by atoms with Crippen LogP contribution in [0.15, 0.2) is 24.3 Å². The summed E-state index contributed by atoms with van der Waals surface area (Å²) in [5, 5.41) is 0. The first-order valence-electron chi connectivity index (χ1n) is 7.83. The second kappa shape index (κ2) is 5.84. The molecule has 110 valence electrons. The lowest BCUT2D eigenvalue weighted by Gasteiger charge is -2.12. The number of benzene rings is 1. The van der Waals surface area contributed by atoms with E-state index in [1.54, 1.807) is 0 Å². The Hall–Kier alpha value is -1.90. The van der Waals surface area contributed by atoms with E-state index in [1.807, 2.05) is 0 Å². The normalized spacial score (nSPS) is 15.5. The van der Waals surface area contributed by atoms with Crippen LogP contribution in [0, 0.1) is 19.8 Å². The number of aryl methyl sites for hydroxylation is 1. The van der Waals surface area contributed by atoms with Crippen LogP contribution in [0.2, 0.25) is 0 Å². The van der Waals surface area contributed by atoms with Crippen LogP contribution in [0.3, 0.4) is 0 Å². The van der Waals surface area contributed by atoms with Crippen molar-refractivity contribution in [1.29, 1.82) is 0 Å². The Labute approximate surface area is 126 Å². The zero-order valence-electron chi connectivity index (χ0n) is 12.9. The summed E-state index contributed by atoms with van der Waals surface area (Å²) in [6, 6.07) is 8.44. The van der Waals surface area contributed by atoms with E-state index in [2.05, 4.69) is 48.1 Å². The summed E-state index contributed by atoms with van der Waals surface area (Å²) in [6.45, 7) is 4.27. The molecular weight excluding hydrogens is 258 g/mol. The third-order valence-corrected chi connectivity index (χ3v) is 4.65. The molecule has 1 aromatic heterocycles. The van der Waals surface area contributed by atoms with Gasteiger partial charge in [0.05, 0.1) is 5.69 Å². The fourth-order valence-corrected chi connectivity index (χ4v) is 3.30. The van der Waals surface area contributed by atoms with Crippen molar-refractivity contribution in [2.24, 2.45) is 5.92 Å². The maximum absolute atomic E-state index is 5.94. The molecule has 0 bridgehead atoms. The molecular formula is C18H23N3. The molecule has 2 aromatic rings. The molecule has 1 aliphatic carbocycles. The zero-order chi connectivity index (χ0) is 14.8. The summed E-state index contributed by atoms with van der Waals surface area (Å²) in [4.78, 5) is 8.89. The Morgan fingerprint density at radius 2 is 1.90 bits per heavy atom. The van der Waals surface area contributed by atoms with Crippen LogP contribution < -0.4 is 5.73 Å². The van der Waals surface area contributed by atoms with Gasteiger partial charge in [-0.15, -0.1) is 0 Å². The van der Waals surface area contributed by atoms with Crippen LogP contribution in [-0.2, 0) is 6.42 Å². The SMILES string of the molecule is Cc1cccc(-c2cc(CC3CCCC3)nc(N)n2)c1C. The fraction of sp³-hybridized carbons (Fsp3) is 0.444. The summed E-state index contributed by atoms with van der Waals surface area (Å²) in [5.41, 5.74) is 11.7. The summed E-state index contributed by atoms with van der Waals surface area (Å²) in [5.74, 6) is 1.16. The first kappa shape index (κ1) is 14.1. The molecule has 0 spiro atoms. The minimum atomic E-state index is 0.390. The summed E-state index contributed by atoms with van der Waals surface area (Å²) in [7, 11) is 0. The topological polar surface area (TPSA) is 51.8 Å². The average molecular weight is 281 g/mol. The van der Waals surface area contributed by atoms with Crippen LogP contribution >= 0.6 is 0 Å². The Bertz CT molecular complexity index is 643. The van der Waals surface area contributed by atoms with E-state index in [1.165, 1.54) is 36.8 Å². The van der Waals surface area contributed by atoms with Gasteiger partial charge < -0.3 is 5.73 Å². The molecule has 0 radical (unpaired) electrons. The number of anilines is 1. The lowest BCUT2D eigenvalue weighted by Crippen LogP contribution is -2.06. The van der Waals surface area contributed by atoms with E-state index >= 15 is 0 Å². The van der Waals surface area contributed by atoms with Crippen molar-refractivity contribution < 1.29 is 0 Å². The van der Waals surface area contributed by atoms with Crippen molar-refractivity contribution in [2.45, 2.75) is 46.0 Å². The molecule has 1 saturated carbocycles. The van der Waals surface area contributed by atoms with Crippen molar-refractivity contribution in [3.63, 3.8) is 0 Å². The quantitative estimate of drug-likeness (QED) is 0.922. The van der Waals surface area contributed by atoms with Crippen molar-refractivity contribution in [1.82, 2.24) is 9.97 Å². The smallest absolute Gasteiger partial charge is 0.220 e. The van der Waals surface area contributed by atoms with Crippen LogP contribution in [0.25, 0.3) is 11.3 Å². The standard InChI is InChI=1S/C18H23N3/c1-12-6-5-9-16(13(12)2)17-11-15(20-18(19)21-17)10-14-7-3-4-8-14/h5-6,9,11,14H,3-4,7-8,10H2,1-2H3,(H2,19,20,21). The highest BCUT2D eigenvalue weighted by atomic mass is 15.0. The van der Waals surface area contributed by atoms with Crippen molar-refractivity contribution in [2.75, 3.05) is 5.73 Å². The van der Waals surface area contributed by atoms with Gasteiger partial charge in [0.25, 0.3) is 0 Å². The minimum absolute atomic E-state index is 0.390. The number of nitrogens with zero attached hydrogens (tertiary/aromatic N) is 2. The minimum Gasteiger partial charge on any atom is -0.368 e. The van der Waals surface area contributed by atoms with E-state index in [4.69, 9.17) is 5.73 Å². The first-order chi connectivity index (χ1) is 10.1. The molecule has 2 N–H and O–H groups in total. The van der Waals surface area contributed by atoms with E-state index in [9.17, 15) is 0 Å². The molecule has 21 heavy (non-hydrogen) atoms. The van der Waals surface area contributed by atoms with E-state index in [0.29, 0.717) is 5.95 Å². The number of hydrogen-bond acceptors (Lipinski definition) is 3. The number of rotatable bonds is 3. The van der Waals surface area contributed by atoms with Gasteiger partial charge in [0.2, 0.25) is 5.95 Å². The second-order valence-electron chi connectivity index (χ2n) is 6.20. The fourth-order valence-electron chi connectivity index (χ4n) is 3.30. The third kappa shape index (κ3) is 3.07. The van der Waals surface area contributed by atoms with Crippen LogP contribution in [0.5, 0.6) is 0 Å². The molecule has 0 aliphatic heterocycles. The van der Waals surface area contributed by atoms with Gasteiger partial charge in [0.1, 0.15) is 0 Å². The largest absolute Gasteiger partial charge is 0.368 e. The summed E-state index contributed by atoms with van der Waals surface area (Å²) >= 11 is 0. The summed E-state index contributed by atoms with van der Waals surface area (Å²) < 4.78 is 0. The van der Waals surface area contributed by atoms with Gasteiger partial charge in [-0.2, -0.15) is 0 Å². The zero-order valence-corrected chi connectivity index (χ0v) is 12.9. The Morgan fingerprint density at radius 1 is 1.14 bits per heavy atom. The maximum Gasteiger partial charge on any atom is 0.220 e. The van der Waals surface area contributed by atoms with Crippen LogP contribution in [0.4, 0.5) is 5.95 Å². The maximum atomic E-state index is 5.94. The van der Waals surface area contributed by atoms with E-state index < -0.39 is 0 Å². The molecule has 3 heteroatoms. The molecule has 0 amide bonds. The van der Waals surface area contributed by atoms with Crippen LogP contribution in [-0.4, -0.2) is 9.97 Å². The van der Waals surface area contributed by atoms with Gasteiger partial charge in [0.15, 0.2) is 0 Å². The molecule has 0 saturated heterocycles. The second-order valence-corrected chi connectivity index (χ2v) is 6.20. The molecule has 3 rings (SSSR count). The van der Waals surface area contributed by atoms with Gasteiger partial charge >= 0.3 is 0 Å².